The van der Waals surface area contributed by atoms with Gasteiger partial charge in [0.15, 0.2) is 6.26 Å². The number of piperidine rings is 1. The van der Waals surface area contributed by atoms with Gasteiger partial charge in [0.2, 0.25) is 6.79 Å². The Morgan fingerprint density at radius 3 is 2.65 bits per heavy atom. The Bertz CT molecular complexity index is 958. The summed E-state index contributed by atoms with van der Waals surface area (Å²) in [5.74, 6) is 0.664. The smallest absolute Gasteiger partial charge is 0.318 e. The van der Waals surface area contributed by atoms with Crippen LogP contribution in [0.1, 0.15) is 49.1 Å². The number of benzene rings is 2. The molecular weight excluding hydrogens is 431 g/mol. The average molecular weight is 465 g/mol. The van der Waals surface area contributed by atoms with Crippen LogP contribution in [0.15, 0.2) is 66.8 Å². The van der Waals surface area contributed by atoms with Crippen molar-refractivity contribution in [3.8, 4) is 6.07 Å². The predicted octanol–water partition coefficient (Wildman–Crippen LogP) is 5.75. The molecule has 0 amide bonds. The Kier molecular flexibility index (Phi) is 8.81. The van der Waals surface area contributed by atoms with E-state index in [9.17, 15) is 4.39 Å². The molecule has 6 heteroatoms. The molecule has 34 heavy (non-hydrogen) atoms. The van der Waals surface area contributed by atoms with E-state index in [4.69, 9.17) is 19.5 Å². The van der Waals surface area contributed by atoms with Crippen LogP contribution in [-0.2, 0) is 20.6 Å². The van der Waals surface area contributed by atoms with Crippen molar-refractivity contribution in [1.82, 2.24) is 4.90 Å². The largest absolute Gasteiger partial charge is 0.459 e. The molecule has 0 bridgehead atoms. The van der Waals surface area contributed by atoms with Gasteiger partial charge in [0.05, 0.1) is 6.07 Å². The van der Waals surface area contributed by atoms with Crippen molar-refractivity contribution in [1.29, 1.82) is 5.26 Å². The molecule has 2 heterocycles. The summed E-state index contributed by atoms with van der Waals surface area (Å²) in [5.41, 5.74) is 2.36. The Morgan fingerprint density at radius 1 is 1.09 bits per heavy atom. The van der Waals surface area contributed by atoms with Crippen LogP contribution in [0.3, 0.4) is 0 Å². The molecule has 1 fully saturated rings. The van der Waals surface area contributed by atoms with E-state index in [0.717, 1.165) is 57.3 Å². The third kappa shape index (κ3) is 6.74. The van der Waals surface area contributed by atoms with Gasteiger partial charge in [-0.1, -0.05) is 48.9 Å². The van der Waals surface area contributed by atoms with Crippen molar-refractivity contribution < 1.29 is 18.6 Å². The van der Waals surface area contributed by atoms with Gasteiger partial charge in [0.1, 0.15) is 11.9 Å². The third-order valence-corrected chi connectivity index (χ3v) is 6.78. The van der Waals surface area contributed by atoms with E-state index in [1.54, 1.807) is 18.4 Å². The van der Waals surface area contributed by atoms with Gasteiger partial charge >= 0.3 is 5.95 Å². The Morgan fingerprint density at radius 2 is 1.91 bits per heavy atom. The molecule has 2 aliphatic heterocycles. The number of nitrogens with zero attached hydrogens (tertiary/aromatic N) is 2. The van der Waals surface area contributed by atoms with E-state index >= 15 is 0 Å². The predicted molar refractivity (Wildman–Crippen MR) is 128 cm³/mol. The van der Waals surface area contributed by atoms with Gasteiger partial charge in [-0.2, -0.15) is 5.26 Å². The van der Waals surface area contributed by atoms with E-state index in [1.165, 1.54) is 5.56 Å². The number of ether oxygens (including phenoxy) is 3. The molecule has 0 radical (unpaired) electrons. The fourth-order valence-corrected chi connectivity index (χ4v) is 5.04. The van der Waals surface area contributed by atoms with Crippen molar-refractivity contribution in [2.24, 2.45) is 5.92 Å². The first kappa shape index (κ1) is 24.1. The van der Waals surface area contributed by atoms with Gasteiger partial charge in [-0.3, -0.25) is 0 Å². The fraction of sp³-hybridized carbons (Fsp3) is 0.464. The molecule has 0 aromatic heterocycles. The van der Waals surface area contributed by atoms with Gasteiger partial charge in [-0.25, -0.2) is 4.39 Å². The SMILES string of the molecule is N#CCCCCCN1CCC(c2ccc(F)cc2)C(C(Cc2ccccc2)OC2=COCO2)C1. The number of rotatable bonds is 11. The zero-order valence-corrected chi connectivity index (χ0v) is 19.6. The number of likely N-dealkylation sites (tertiary alicyclic amines) is 1. The highest BCUT2D eigenvalue weighted by Crippen LogP contribution is 2.38. The summed E-state index contributed by atoms with van der Waals surface area (Å²) in [7, 11) is 0. The molecule has 0 spiro atoms. The summed E-state index contributed by atoms with van der Waals surface area (Å²) in [6.07, 6.45) is 6.89. The maximum absolute atomic E-state index is 13.7. The molecule has 0 N–H and O–H groups in total. The number of hydrogen-bond acceptors (Lipinski definition) is 5. The lowest BCUT2D eigenvalue weighted by atomic mass is 9.76. The second kappa shape index (κ2) is 12.4. The number of halogens is 1. The van der Waals surface area contributed by atoms with Gasteiger partial charge in [0.25, 0.3) is 0 Å². The Hall–Kier alpha value is -3.04. The topological polar surface area (TPSA) is 54.7 Å². The van der Waals surface area contributed by atoms with Crippen molar-refractivity contribution in [2.75, 3.05) is 26.4 Å². The minimum Gasteiger partial charge on any atom is -0.459 e. The second-order valence-corrected chi connectivity index (χ2v) is 9.09. The number of nitriles is 1. The molecule has 5 nitrogen and oxygen atoms in total. The fourth-order valence-electron chi connectivity index (χ4n) is 5.04. The summed E-state index contributed by atoms with van der Waals surface area (Å²) in [6.45, 7) is 3.08. The van der Waals surface area contributed by atoms with Gasteiger partial charge in [-0.15, -0.1) is 0 Å². The van der Waals surface area contributed by atoms with Gasteiger partial charge in [-0.05, 0) is 61.5 Å². The summed E-state index contributed by atoms with van der Waals surface area (Å²) in [6, 6.07) is 19.5. The van der Waals surface area contributed by atoms with Crippen molar-refractivity contribution in [3.05, 3.63) is 83.7 Å². The summed E-state index contributed by atoms with van der Waals surface area (Å²) >= 11 is 0. The standard InChI is InChI=1S/C28H33FN2O3/c29-24-12-10-23(11-13-24)25-14-17-31(16-7-2-1-6-15-30)19-26(25)27(34-28-20-32-21-33-28)18-22-8-4-3-5-9-22/h3-5,8-13,20,25-27H,1-2,6-7,14,16-19,21H2. The van der Waals surface area contributed by atoms with Crippen LogP contribution in [0.2, 0.25) is 0 Å². The summed E-state index contributed by atoms with van der Waals surface area (Å²) in [4.78, 5) is 2.51. The zero-order valence-electron chi connectivity index (χ0n) is 19.6. The highest BCUT2D eigenvalue weighted by atomic mass is 19.1. The molecule has 2 aliphatic rings. The maximum Gasteiger partial charge on any atom is 0.318 e. The minimum absolute atomic E-state index is 0.119. The van der Waals surface area contributed by atoms with E-state index in [2.05, 4.69) is 23.1 Å². The van der Waals surface area contributed by atoms with Crippen LogP contribution >= 0.6 is 0 Å². The highest BCUT2D eigenvalue weighted by molar-refractivity contribution is 5.24. The molecule has 3 unspecified atom stereocenters. The van der Waals surface area contributed by atoms with Crippen molar-refractivity contribution in [2.45, 2.75) is 50.5 Å². The first-order valence-corrected chi connectivity index (χ1v) is 12.2. The van der Waals surface area contributed by atoms with Crippen LogP contribution in [0.25, 0.3) is 0 Å². The molecule has 4 rings (SSSR count). The second-order valence-electron chi connectivity index (χ2n) is 9.09. The lowest BCUT2D eigenvalue weighted by molar-refractivity contribution is -0.0557. The minimum atomic E-state index is -0.214. The molecule has 2 aromatic carbocycles. The van der Waals surface area contributed by atoms with E-state index in [1.807, 2.05) is 30.3 Å². The van der Waals surface area contributed by atoms with Crippen LogP contribution in [-0.4, -0.2) is 37.4 Å². The molecule has 1 saturated heterocycles. The van der Waals surface area contributed by atoms with E-state index < -0.39 is 0 Å². The summed E-state index contributed by atoms with van der Waals surface area (Å²) in [5, 5.41) is 8.78. The molecule has 0 aliphatic carbocycles. The first-order chi connectivity index (χ1) is 16.7. The monoisotopic (exact) mass is 464 g/mol. The van der Waals surface area contributed by atoms with Crippen LogP contribution in [0.4, 0.5) is 4.39 Å². The molecule has 2 aromatic rings. The third-order valence-electron chi connectivity index (χ3n) is 6.78. The maximum atomic E-state index is 13.7. The normalized spacial score (nSPS) is 21.1. The number of unbranched alkanes of at least 4 members (excludes halogenated alkanes) is 3. The molecule has 3 atom stereocenters. The van der Waals surface area contributed by atoms with Crippen LogP contribution in [0, 0.1) is 23.1 Å². The Balaban J connectivity index is 1.54. The average Bonchev–Trinajstić information content (AvgIpc) is 3.38. The molecule has 180 valence electrons. The van der Waals surface area contributed by atoms with Crippen molar-refractivity contribution in [3.63, 3.8) is 0 Å². The quantitative estimate of drug-likeness (QED) is 0.397. The zero-order chi connectivity index (χ0) is 23.6. The summed E-state index contributed by atoms with van der Waals surface area (Å²) < 4.78 is 30.8. The lowest BCUT2D eigenvalue weighted by Crippen LogP contribution is -2.46. The van der Waals surface area contributed by atoms with E-state index in [-0.39, 0.29) is 30.5 Å². The van der Waals surface area contributed by atoms with Gasteiger partial charge < -0.3 is 19.1 Å². The first-order valence-electron chi connectivity index (χ1n) is 12.2. The lowest BCUT2D eigenvalue weighted by Gasteiger charge is -2.42. The van der Waals surface area contributed by atoms with Crippen LogP contribution in [0.5, 0.6) is 0 Å². The Labute approximate surface area is 201 Å². The van der Waals surface area contributed by atoms with E-state index in [0.29, 0.717) is 12.4 Å². The van der Waals surface area contributed by atoms with Crippen LogP contribution < -0.4 is 0 Å². The number of hydrogen-bond donors (Lipinski definition) is 0. The molecular formula is C28H33FN2O3. The van der Waals surface area contributed by atoms with Gasteiger partial charge in [0, 0.05) is 25.3 Å². The van der Waals surface area contributed by atoms with Crippen molar-refractivity contribution >= 4 is 0 Å². The highest BCUT2D eigenvalue weighted by Gasteiger charge is 2.38. The molecule has 0 saturated carbocycles.